The Morgan fingerprint density at radius 2 is 1.84 bits per heavy atom. The van der Waals surface area contributed by atoms with Gasteiger partial charge in [0, 0.05) is 16.6 Å². The topological polar surface area (TPSA) is 83.6 Å². The molecule has 0 aliphatic carbocycles. The van der Waals surface area contributed by atoms with Crippen LogP contribution in [0.2, 0.25) is 0 Å². The van der Waals surface area contributed by atoms with Crippen molar-refractivity contribution >= 4 is 45.4 Å². The summed E-state index contributed by atoms with van der Waals surface area (Å²) < 4.78 is 0. The molecular weight excluding hydrogens is 334 g/mol. The van der Waals surface area contributed by atoms with Gasteiger partial charge in [-0.25, -0.2) is 4.98 Å². The van der Waals surface area contributed by atoms with Crippen molar-refractivity contribution in [3.05, 3.63) is 54.6 Å². The van der Waals surface area contributed by atoms with E-state index in [9.17, 15) is 4.79 Å². The van der Waals surface area contributed by atoms with E-state index in [1.807, 2.05) is 61.5 Å². The molecule has 1 amide bonds. The summed E-state index contributed by atoms with van der Waals surface area (Å²) in [5.41, 5.74) is 3.15. The first-order valence-electron chi connectivity index (χ1n) is 7.84. The molecule has 1 atom stereocenters. The monoisotopic (exact) mass is 349 g/mol. The third-order valence-corrected chi connectivity index (χ3v) is 4.75. The van der Waals surface area contributed by atoms with Gasteiger partial charge in [-0.3, -0.25) is 4.79 Å². The third kappa shape index (κ3) is 3.18. The minimum absolute atomic E-state index is 0.100. The van der Waals surface area contributed by atoms with Gasteiger partial charge >= 0.3 is 0 Å². The highest BCUT2D eigenvalue weighted by Gasteiger charge is 2.17. The minimum Gasteiger partial charge on any atom is -0.338 e. The number of benzene rings is 2. The molecule has 2 aromatic carbocycles. The van der Waals surface area contributed by atoms with Gasteiger partial charge in [-0.2, -0.15) is 0 Å². The Bertz CT molecular complexity index is 1050. The van der Waals surface area contributed by atoms with Crippen LogP contribution in [0.4, 0.5) is 5.69 Å². The van der Waals surface area contributed by atoms with Crippen molar-refractivity contribution in [2.45, 2.75) is 17.3 Å². The summed E-state index contributed by atoms with van der Waals surface area (Å²) in [6.07, 6.45) is 0. The molecule has 124 valence electrons. The molecular formula is C18H15N5OS. The zero-order valence-corrected chi connectivity index (χ0v) is 14.2. The number of hydrogen-bond acceptors (Lipinski definition) is 5. The van der Waals surface area contributed by atoms with Crippen molar-refractivity contribution in [3.63, 3.8) is 0 Å². The second-order valence-electron chi connectivity index (χ2n) is 5.58. The number of amides is 1. The van der Waals surface area contributed by atoms with Crippen molar-refractivity contribution in [3.8, 4) is 0 Å². The average molecular weight is 349 g/mol. The molecule has 7 heteroatoms. The Hall–Kier alpha value is -2.93. The first-order valence-corrected chi connectivity index (χ1v) is 8.72. The molecule has 0 saturated carbocycles. The number of H-pyrrole nitrogens is 1. The summed E-state index contributed by atoms with van der Waals surface area (Å²) in [4.78, 5) is 20.0. The van der Waals surface area contributed by atoms with Gasteiger partial charge in [-0.05, 0) is 25.1 Å². The van der Waals surface area contributed by atoms with Gasteiger partial charge in [0.05, 0.1) is 5.25 Å². The van der Waals surface area contributed by atoms with Gasteiger partial charge in [-0.15, -0.1) is 10.2 Å². The number of anilines is 1. The Morgan fingerprint density at radius 3 is 2.68 bits per heavy atom. The number of rotatable bonds is 4. The Morgan fingerprint density at radius 1 is 1.08 bits per heavy atom. The van der Waals surface area contributed by atoms with Crippen LogP contribution >= 0.6 is 11.8 Å². The van der Waals surface area contributed by atoms with Crippen LogP contribution in [-0.4, -0.2) is 31.3 Å². The van der Waals surface area contributed by atoms with Crippen LogP contribution in [0, 0.1) is 0 Å². The van der Waals surface area contributed by atoms with E-state index in [1.54, 1.807) is 0 Å². The van der Waals surface area contributed by atoms with Crippen molar-refractivity contribution in [2.24, 2.45) is 0 Å². The zero-order chi connectivity index (χ0) is 17.2. The number of nitrogens with one attached hydrogen (secondary N) is 2. The summed E-state index contributed by atoms with van der Waals surface area (Å²) in [7, 11) is 0. The van der Waals surface area contributed by atoms with Crippen molar-refractivity contribution in [1.29, 1.82) is 0 Å². The Kier molecular flexibility index (Phi) is 4.07. The molecule has 0 radical (unpaired) electrons. The lowest BCUT2D eigenvalue weighted by Gasteiger charge is -2.10. The lowest BCUT2D eigenvalue weighted by Crippen LogP contribution is -2.22. The van der Waals surface area contributed by atoms with Gasteiger partial charge < -0.3 is 10.3 Å². The summed E-state index contributed by atoms with van der Waals surface area (Å²) >= 11 is 1.28. The molecule has 4 aromatic rings. The van der Waals surface area contributed by atoms with Gasteiger partial charge in [0.25, 0.3) is 0 Å². The van der Waals surface area contributed by atoms with E-state index in [1.165, 1.54) is 11.8 Å². The first-order chi connectivity index (χ1) is 12.2. The number of aromatic amines is 1. The fourth-order valence-corrected chi connectivity index (χ4v) is 3.25. The fraction of sp³-hybridized carbons (Fsp3) is 0.111. The Balaban J connectivity index is 1.53. The number of para-hydroxylation sites is 2. The van der Waals surface area contributed by atoms with E-state index < -0.39 is 0 Å². The molecule has 4 rings (SSSR count). The summed E-state index contributed by atoms with van der Waals surface area (Å²) in [5, 5.41) is 12.4. The van der Waals surface area contributed by atoms with Gasteiger partial charge in [0.1, 0.15) is 5.52 Å². The highest BCUT2D eigenvalue weighted by molar-refractivity contribution is 8.00. The van der Waals surface area contributed by atoms with E-state index in [2.05, 4.69) is 25.5 Å². The molecule has 0 saturated heterocycles. The van der Waals surface area contributed by atoms with Crippen molar-refractivity contribution < 1.29 is 4.79 Å². The van der Waals surface area contributed by atoms with Crippen LogP contribution in [0.25, 0.3) is 22.1 Å². The Labute approximate surface area is 148 Å². The second kappa shape index (κ2) is 6.52. The van der Waals surface area contributed by atoms with Gasteiger partial charge in [0.2, 0.25) is 11.1 Å². The third-order valence-electron chi connectivity index (χ3n) is 3.80. The molecule has 6 nitrogen and oxygen atoms in total. The van der Waals surface area contributed by atoms with Gasteiger partial charge in [-0.1, -0.05) is 48.2 Å². The summed E-state index contributed by atoms with van der Waals surface area (Å²) in [6.45, 7) is 1.82. The predicted octanol–water partition coefficient (Wildman–Crippen LogP) is 3.63. The minimum atomic E-state index is -0.344. The van der Waals surface area contributed by atoms with Crippen molar-refractivity contribution in [2.75, 3.05) is 5.32 Å². The molecule has 2 N–H and O–H groups in total. The first kappa shape index (κ1) is 15.6. The van der Waals surface area contributed by atoms with Crippen LogP contribution in [0.3, 0.4) is 0 Å². The molecule has 25 heavy (non-hydrogen) atoms. The average Bonchev–Trinajstić information content (AvgIpc) is 3.00. The molecule has 0 unspecified atom stereocenters. The highest BCUT2D eigenvalue weighted by atomic mass is 32.2. The molecule has 0 bridgehead atoms. The summed E-state index contributed by atoms with van der Waals surface area (Å²) in [6, 6.07) is 17.2. The van der Waals surface area contributed by atoms with E-state index in [0.717, 1.165) is 22.1 Å². The lowest BCUT2D eigenvalue weighted by atomic mass is 10.2. The maximum absolute atomic E-state index is 12.3. The molecule has 0 aliphatic heterocycles. The zero-order valence-electron chi connectivity index (χ0n) is 13.4. The lowest BCUT2D eigenvalue weighted by molar-refractivity contribution is -0.115. The van der Waals surface area contributed by atoms with E-state index in [0.29, 0.717) is 10.8 Å². The van der Waals surface area contributed by atoms with Crippen LogP contribution in [0.15, 0.2) is 59.8 Å². The van der Waals surface area contributed by atoms with E-state index >= 15 is 0 Å². The molecule has 0 spiro atoms. The van der Waals surface area contributed by atoms with E-state index in [-0.39, 0.29) is 11.2 Å². The second-order valence-corrected chi connectivity index (χ2v) is 6.89. The number of aromatic nitrogens is 4. The van der Waals surface area contributed by atoms with Crippen molar-refractivity contribution in [1.82, 2.24) is 20.2 Å². The maximum Gasteiger partial charge on any atom is 0.237 e. The normalized spacial score (nSPS) is 12.4. The highest BCUT2D eigenvalue weighted by Crippen LogP contribution is 2.25. The van der Waals surface area contributed by atoms with Crippen LogP contribution in [0.1, 0.15) is 6.92 Å². The number of fused-ring (bicyclic) bond motifs is 3. The van der Waals surface area contributed by atoms with Crippen LogP contribution < -0.4 is 5.32 Å². The largest absolute Gasteiger partial charge is 0.338 e. The number of thioether (sulfide) groups is 1. The quantitative estimate of drug-likeness (QED) is 0.550. The number of hydrogen-bond donors (Lipinski definition) is 2. The van der Waals surface area contributed by atoms with Gasteiger partial charge in [0.15, 0.2) is 5.65 Å². The molecule has 0 aliphatic rings. The number of carbonyl (C=O) groups excluding carboxylic acids is 1. The standard InChI is InChI=1S/C18H15N5OS/c1-11(17(24)19-12-7-3-2-4-8-12)25-18-21-16-15(22-23-18)13-9-5-6-10-14(13)20-16/h2-11H,1H3,(H,19,24)(H,20,21,23)/t11-/m0/s1. The molecule has 2 aromatic heterocycles. The number of carbonyl (C=O) groups is 1. The SMILES string of the molecule is C[C@H](Sc1nnc2c(n1)[nH]c1ccccc12)C(=O)Nc1ccccc1. The summed E-state index contributed by atoms with van der Waals surface area (Å²) in [5.74, 6) is -0.100. The van der Waals surface area contributed by atoms with E-state index in [4.69, 9.17) is 0 Å². The number of nitrogens with zero attached hydrogens (tertiary/aromatic N) is 3. The maximum atomic E-state index is 12.3. The fourth-order valence-electron chi connectivity index (χ4n) is 2.53. The predicted molar refractivity (Wildman–Crippen MR) is 99.6 cm³/mol. The smallest absolute Gasteiger partial charge is 0.237 e. The molecule has 0 fully saturated rings. The van der Waals surface area contributed by atoms with Crippen LogP contribution in [-0.2, 0) is 4.79 Å². The molecule has 2 heterocycles. The van der Waals surface area contributed by atoms with Crippen LogP contribution in [0.5, 0.6) is 0 Å².